The number of aryl methyl sites for hydroxylation is 1. The molecule has 0 saturated heterocycles. The van der Waals surface area contributed by atoms with Gasteiger partial charge in [0.2, 0.25) is 11.6 Å². The Kier molecular flexibility index (Phi) is 5.34. The smallest absolute Gasteiger partial charge is 0.334 e. The van der Waals surface area contributed by atoms with Gasteiger partial charge in [0, 0.05) is 15.2 Å². The van der Waals surface area contributed by atoms with E-state index in [2.05, 4.69) is 36.5 Å². The Morgan fingerprint density at radius 2 is 1.81 bits per heavy atom. The molecule has 9 heteroatoms. The number of nitro groups is 1. The highest BCUT2D eigenvalue weighted by Crippen LogP contribution is 2.35. The van der Waals surface area contributed by atoms with E-state index < -0.39 is 4.92 Å². The SMILES string of the molecule is Cc1ccc(Nc2ncnc(Nc3ccccc3Br)c2[N+](=O)[O-])cc1Cl. The van der Waals surface area contributed by atoms with Crippen molar-refractivity contribution in [3.8, 4) is 0 Å². The summed E-state index contributed by atoms with van der Waals surface area (Å²) in [5.74, 6) is 0.150. The number of rotatable bonds is 5. The predicted octanol–water partition coefficient (Wildman–Crippen LogP) is 5.60. The zero-order valence-electron chi connectivity index (χ0n) is 13.5. The molecule has 2 N–H and O–H groups in total. The fourth-order valence-corrected chi connectivity index (χ4v) is 2.80. The van der Waals surface area contributed by atoms with Crippen molar-refractivity contribution >= 4 is 56.2 Å². The van der Waals surface area contributed by atoms with Crippen molar-refractivity contribution in [1.82, 2.24) is 9.97 Å². The second kappa shape index (κ2) is 7.67. The number of hydrogen-bond acceptors (Lipinski definition) is 6. The maximum absolute atomic E-state index is 11.6. The van der Waals surface area contributed by atoms with Crippen molar-refractivity contribution in [1.29, 1.82) is 0 Å². The molecule has 0 aliphatic heterocycles. The predicted molar refractivity (Wildman–Crippen MR) is 106 cm³/mol. The van der Waals surface area contributed by atoms with Gasteiger partial charge in [0.1, 0.15) is 6.33 Å². The molecule has 0 amide bonds. The molecular formula is C17H13BrClN5O2. The van der Waals surface area contributed by atoms with Gasteiger partial charge in [0.15, 0.2) is 0 Å². The maximum atomic E-state index is 11.6. The minimum Gasteiger partial charge on any atom is -0.334 e. The van der Waals surface area contributed by atoms with E-state index in [-0.39, 0.29) is 17.3 Å². The van der Waals surface area contributed by atoms with Gasteiger partial charge in [-0.25, -0.2) is 9.97 Å². The van der Waals surface area contributed by atoms with Crippen molar-refractivity contribution in [3.05, 3.63) is 74.0 Å². The van der Waals surface area contributed by atoms with Gasteiger partial charge in [-0.1, -0.05) is 29.8 Å². The van der Waals surface area contributed by atoms with Gasteiger partial charge < -0.3 is 10.6 Å². The molecule has 132 valence electrons. The molecule has 0 spiro atoms. The average molecular weight is 435 g/mol. The van der Waals surface area contributed by atoms with Crippen LogP contribution in [0, 0.1) is 17.0 Å². The van der Waals surface area contributed by atoms with E-state index in [0.717, 1.165) is 10.0 Å². The molecule has 0 unspecified atom stereocenters. The zero-order valence-corrected chi connectivity index (χ0v) is 15.9. The van der Waals surface area contributed by atoms with Crippen LogP contribution in [0.25, 0.3) is 0 Å². The molecule has 0 aliphatic rings. The Labute approximate surface area is 162 Å². The summed E-state index contributed by atoms with van der Waals surface area (Å²) in [4.78, 5) is 19.1. The fourth-order valence-electron chi connectivity index (χ4n) is 2.23. The molecule has 0 fully saturated rings. The Morgan fingerprint density at radius 3 is 2.46 bits per heavy atom. The van der Waals surface area contributed by atoms with Crippen LogP contribution in [0.3, 0.4) is 0 Å². The van der Waals surface area contributed by atoms with E-state index in [9.17, 15) is 10.1 Å². The van der Waals surface area contributed by atoms with Crippen LogP contribution in [-0.2, 0) is 0 Å². The normalized spacial score (nSPS) is 10.4. The minimum absolute atomic E-state index is 0.0690. The summed E-state index contributed by atoms with van der Waals surface area (Å²) < 4.78 is 0.757. The molecule has 1 heterocycles. The fraction of sp³-hybridized carbons (Fsp3) is 0.0588. The summed E-state index contributed by atoms with van der Waals surface area (Å²) in [5, 5.41) is 18.1. The third kappa shape index (κ3) is 3.92. The first-order valence-electron chi connectivity index (χ1n) is 7.50. The van der Waals surface area contributed by atoms with E-state index in [1.807, 2.05) is 31.2 Å². The molecule has 1 aromatic heterocycles. The van der Waals surface area contributed by atoms with Crippen LogP contribution in [-0.4, -0.2) is 14.9 Å². The van der Waals surface area contributed by atoms with Crippen LogP contribution < -0.4 is 10.6 Å². The highest BCUT2D eigenvalue weighted by atomic mass is 79.9. The summed E-state index contributed by atoms with van der Waals surface area (Å²) in [6.45, 7) is 1.87. The molecule has 0 atom stereocenters. The second-order valence-corrected chi connectivity index (χ2v) is 6.63. The number of aromatic nitrogens is 2. The molecule has 3 rings (SSSR count). The molecule has 2 aromatic carbocycles. The zero-order chi connectivity index (χ0) is 18.7. The quantitative estimate of drug-likeness (QED) is 0.401. The summed E-state index contributed by atoms with van der Waals surface area (Å²) in [7, 11) is 0. The first-order valence-corrected chi connectivity index (χ1v) is 8.67. The van der Waals surface area contributed by atoms with E-state index >= 15 is 0 Å². The van der Waals surface area contributed by atoms with Gasteiger partial charge in [0.05, 0.1) is 10.6 Å². The lowest BCUT2D eigenvalue weighted by molar-refractivity contribution is -0.383. The van der Waals surface area contributed by atoms with Crippen molar-refractivity contribution in [2.45, 2.75) is 6.92 Å². The van der Waals surface area contributed by atoms with Gasteiger partial charge in [-0.2, -0.15) is 0 Å². The lowest BCUT2D eigenvalue weighted by Gasteiger charge is -2.11. The average Bonchev–Trinajstić information content (AvgIpc) is 2.60. The standard InChI is InChI=1S/C17H13BrClN5O2/c1-10-6-7-11(8-13(10)19)22-16-15(24(25)26)17(21-9-20-16)23-14-5-3-2-4-12(14)18/h2-9H,1H3,(H2,20,21,22,23). The molecule has 0 aliphatic carbocycles. The van der Waals surface area contributed by atoms with Crippen LogP contribution in [0.1, 0.15) is 5.56 Å². The lowest BCUT2D eigenvalue weighted by Crippen LogP contribution is -2.05. The monoisotopic (exact) mass is 433 g/mol. The summed E-state index contributed by atoms with van der Waals surface area (Å²) >= 11 is 9.51. The first-order chi connectivity index (χ1) is 12.5. The Balaban J connectivity index is 1.99. The van der Waals surface area contributed by atoms with Crippen LogP contribution >= 0.6 is 27.5 Å². The first kappa shape index (κ1) is 18.1. The molecular weight excluding hydrogens is 422 g/mol. The topological polar surface area (TPSA) is 93.0 Å². The Bertz CT molecular complexity index is 983. The van der Waals surface area contributed by atoms with Gasteiger partial charge >= 0.3 is 5.69 Å². The largest absolute Gasteiger partial charge is 0.353 e. The number of halogens is 2. The van der Waals surface area contributed by atoms with Crippen LogP contribution in [0.15, 0.2) is 53.3 Å². The van der Waals surface area contributed by atoms with E-state index in [4.69, 9.17) is 11.6 Å². The molecule has 0 radical (unpaired) electrons. The molecule has 0 saturated carbocycles. The molecule has 26 heavy (non-hydrogen) atoms. The van der Waals surface area contributed by atoms with Crippen molar-refractivity contribution in [3.63, 3.8) is 0 Å². The van der Waals surface area contributed by atoms with Crippen LogP contribution in [0.5, 0.6) is 0 Å². The van der Waals surface area contributed by atoms with Crippen molar-refractivity contribution in [2.75, 3.05) is 10.6 Å². The highest BCUT2D eigenvalue weighted by Gasteiger charge is 2.23. The number of hydrogen-bond donors (Lipinski definition) is 2. The van der Waals surface area contributed by atoms with E-state index in [1.165, 1.54) is 6.33 Å². The van der Waals surface area contributed by atoms with Crippen LogP contribution in [0.2, 0.25) is 5.02 Å². The number of para-hydroxylation sites is 1. The van der Waals surface area contributed by atoms with Gasteiger partial charge in [-0.15, -0.1) is 0 Å². The highest BCUT2D eigenvalue weighted by molar-refractivity contribution is 9.10. The van der Waals surface area contributed by atoms with Crippen LogP contribution in [0.4, 0.5) is 28.7 Å². The maximum Gasteiger partial charge on any atom is 0.353 e. The molecule has 0 bridgehead atoms. The molecule has 3 aromatic rings. The van der Waals surface area contributed by atoms with Crippen molar-refractivity contribution in [2.24, 2.45) is 0 Å². The lowest BCUT2D eigenvalue weighted by atomic mass is 10.2. The second-order valence-electron chi connectivity index (χ2n) is 5.37. The van der Waals surface area contributed by atoms with Gasteiger partial charge in [-0.3, -0.25) is 10.1 Å². The Hall–Kier alpha value is -2.71. The van der Waals surface area contributed by atoms with E-state index in [0.29, 0.717) is 16.4 Å². The third-order valence-corrected chi connectivity index (χ3v) is 4.67. The number of anilines is 4. The summed E-state index contributed by atoms with van der Waals surface area (Å²) in [6, 6.07) is 12.5. The summed E-state index contributed by atoms with van der Waals surface area (Å²) in [6.07, 6.45) is 1.25. The van der Waals surface area contributed by atoms with Gasteiger partial charge in [-0.05, 0) is 52.7 Å². The number of nitrogens with zero attached hydrogens (tertiary/aromatic N) is 3. The minimum atomic E-state index is -0.530. The molecule has 7 nitrogen and oxygen atoms in total. The number of benzene rings is 2. The third-order valence-electron chi connectivity index (χ3n) is 3.57. The number of nitrogens with one attached hydrogen (secondary N) is 2. The Morgan fingerprint density at radius 1 is 1.12 bits per heavy atom. The summed E-state index contributed by atoms with van der Waals surface area (Å²) in [5.41, 5.74) is 1.89. The van der Waals surface area contributed by atoms with Crippen molar-refractivity contribution < 1.29 is 4.92 Å². The van der Waals surface area contributed by atoms with Gasteiger partial charge in [0.25, 0.3) is 0 Å². The van der Waals surface area contributed by atoms with E-state index in [1.54, 1.807) is 18.2 Å².